The fourth-order valence-corrected chi connectivity index (χ4v) is 3.18. The number of benzene rings is 2. The topological polar surface area (TPSA) is 62.9 Å². The van der Waals surface area contributed by atoms with Crippen LogP contribution in [0.25, 0.3) is 0 Å². The molecule has 0 bridgehead atoms. The zero-order valence-electron chi connectivity index (χ0n) is 18.1. The molecule has 1 aromatic heterocycles. The largest absolute Gasteiger partial charge is 0.426 e. The van der Waals surface area contributed by atoms with E-state index in [1.807, 2.05) is 49.4 Å². The van der Waals surface area contributed by atoms with Gasteiger partial charge in [0.2, 0.25) is 0 Å². The third-order valence-electron chi connectivity index (χ3n) is 5.41. The van der Waals surface area contributed by atoms with E-state index in [-0.39, 0.29) is 17.6 Å². The highest BCUT2D eigenvalue weighted by molar-refractivity contribution is 5.91. The number of aliphatic hydroxyl groups is 1. The number of aryl methyl sites for hydroxylation is 1. The standard InChI is InChI=1S/C25H29NO4/c1-16(2)20-12-11-17(3)22(15-20)30-23-14-13-21(29-23)25(28)26(5)18(4)24(27)19-9-7-6-8-10-19/h6-16,18,24,27H,1-5H3/t18-,24-/m0/s1. The van der Waals surface area contributed by atoms with Gasteiger partial charge in [-0.1, -0.05) is 56.3 Å². The van der Waals surface area contributed by atoms with E-state index in [0.717, 1.165) is 11.1 Å². The van der Waals surface area contributed by atoms with E-state index in [1.165, 1.54) is 10.5 Å². The summed E-state index contributed by atoms with van der Waals surface area (Å²) in [4.78, 5) is 14.3. The van der Waals surface area contributed by atoms with Crippen LogP contribution in [0.2, 0.25) is 0 Å². The first-order valence-corrected chi connectivity index (χ1v) is 10.2. The Morgan fingerprint density at radius 3 is 2.37 bits per heavy atom. The van der Waals surface area contributed by atoms with Gasteiger partial charge in [-0.3, -0.25) is 4.79 Å². The Morgan fingerprint density at radius 2 is 1.70 bits per heavy atom. The SMILES string of the molecule is Cc1ccc(C(C)C)cc1Oc1ccc(C(=O)N(C)[C@@H](C)[C@H](O)c2ccccc2)o1. The molecule has 2 atom stereocenters. The Kier molecular flexibility index (Phi) is 6.63. The van der Waals surface area contributed by atoms with E-state index in [2.05, 4.69) is 19.9 Å². The normalized spacial score (nSPS) is 13.2. The maximum absolute atomic E-state index is 12.9. The van der Waals surface area contributed by atoms with Crippen molar-refractivity contribution in [3.8, 4) is 11.7 Å². The molecule has 158 valence electrons. The number of furan rings is 1. The number of ether oxygens (including phenoxy) is 1. The predicted molar refractivity (Wildman–Crippen MR) is 117 cm³/mol. The second-order valence-corrected chi connectivity index (χ2v) is 7.91. The molecule has 2 aromatic carbocycles. The van der Waals surface area contributed by atoms with E-state index < -0.39 is 12.1 Å². The van der Waals surface area contributed by atoms with Crippen molar-refractivity contribution in [3.63, 3.8) is 0 Å². The predicted octanol–water partition coefficient (Wildman–Crippen LogP) is 5.70. The molecular weight excluding hydrogens is 378 g/mol. The van der Waals surface area contributed by atoms with Crippen LogP contribution in [0.4, 0.5) is 0 Å². The van der Waals surface area contributed by atoms with E-state index >= 15 is 0 Å². The highest BCUT2D eigenvalue weighted by atomic mass is 16.6. The van der Waals surface area contributed by atoms with Crippen molar-refractivity contribution >= 4 is 5.91 Å². The van der Waals surface area contributed by atoms with Gasteiger partial charge in [-0.2, -0.15) is 0 Å². The van der Waals surface area contributed by atoms with Crippen molar-refractivity contribution in [3.05, 3.63) is 83.1 Å². The molecule has 3 rings (SSSR count). The summed E-state index contributed by atoms with van der Waals surface area (Å²) in [6.07, 6.45) is -0.799. The van der Waals surface area contributed by atoms with Gasteiger partial charge < -0.3 is 19.2 Å². The molecule has 0 unspecified atom stereocenters. The van der Waals surface area contributed by atoms with E-state index in [9.17, 15) is 9.90 Å². The molecule has 0 spiro atoms. The van der Waals surface area contributed by atoms with E-state index in [4.69, 9.17) is 9.15 Å². The Bertz CT molecular complexity index is 993. The summed E-state index contributed by atoms with van der Waals surface area (Å²) in [5.41, 5.74) is 2.91. The summed E-state index contributed by atoms with van der Waals surface area (Å²) in [5, 5.41) is 10.6. The van der Waals surface area contributed by atoms with E-state index in [0.29, 0.717) is 11.7 Å². The van der Waals surface area contributed by atoms with Crippen LogP contribution < -0.4 is 4.74 Å². The molecule has 0 aliphatic heterocycles. The number of rotatable bonds is 7. The van der Waals surface area contributed by atoms with Crippen molar-refractivity contribution in [1.82, 2.24) is 4.90 Å². The second-order valence-electron chi connectivity index (χ2n) is 7.91. The minimum absolute atomic E-state index is 0.164. The average Bonchev–Trinajstić information content (AvgIpc) is 3.22. The quantitative estimate of drug-likeness (QED) is 0.546. The summed E-state index contributed by atoms with van der Waals surface area (Å²) in [5.74, 6) is 1.19. The van der Waals surface area contributed by atoms with E-state index in [1.54, 1.807) is 26.1 Å². The van der Waals surface area contributed by atoms with Gasteiger partial charge in [0.25, 0.3) is 11.9 Å². The minimum Gasteiger partial charge on any atom is -0.426 e. The lowest BCUT2D eigenvalue weighted by Crippen LogP contribution is -2.38. The molecule has 1 heterocycles. The first kappa shape index (κ1) is 21.7. The Morgan fingerprint density at radius 1 is 1.00 bits per heavy atom. The summed E-state index contributed by atoms with van der Waals surface area (Å²) < 4.78 is 11.6. The molecule has 0 fully saturated rings. The summed E-state index contributed by atoms with van der Waals surface area (Å²) in [7, 11) is 1.65. The van der Waals surface area contributed by atoms with Crippen LogP contribution in [0.3, 0.4) is 0 Å². The molecule has 0 saturated heterocycles. The van der Waals surface area contributed by atoms with Gasteiger partial charge in [-0.15, -0.1) is 0 Å². The van der Waals surface area contributed by atoms with Crippen molar-refractivity contribution in [2.75, 3.05) is 7.05 Å². The van der Waals surface area contributed by atoms with Crippen LogP contribution in [-0.4, -0.2) is 29.0 Å². The van der Waals surface area contributed by atoms with Gasteiger partial charge in [0.15, 0.2) is 5.76 Å². The van der Waals surface area contributed by atoms with Gasteiger partial charge in [0.1, 0.15) is 5.75 Å². The second kappa shape index (κ2) is 9.18. The first-order chi connectivity index (χ1) is 14.3. The maximum atomic E-state index is 12.9. The molecule has 0 saturated carbocycles. The summed E-state index contributed by atoms with van der Waals surface area (Å²) in [6.45, 7) is 8.02. The lowest BCUT2D eigenvalue weighted by Gasteiger charge is -2.28. The van der Waals surface area contributed by atoms with Crippen molar-refractivity contribution in [1.29, 1.82) is 0 Å². The Balaban J connectivity index is 1.72. The van der Waals surface area contributed by atoms with Crippen LogP contribution in [0, 0.1) is 6.92 Å². The number of nitrogens with zero attached hydrogens (tertiary/aromatic N) is 1. The monoisotopic (exact) mass is 407 g/mol. The van der Waals surface area contributed by atoms with Crippen molar-refractivity contribution in [2.45, 2.75) is 45.8 Å². The smallest absolute Gasteiger partial charge is 0.290 e. The number of amides is 1. The number of carbonyl (C=O) groups excluding carboxylic acids is 1. The van der Waals surface area contributed by atoms with Crippen LogP contribution in [0.1, 0.15) is 60.0 Å². The Hall–Kier alpha value is -3.05. The van der Waals surface area contributed by atoms with Crippen LogP contribution in [0.15, 0.2) is 65.1 Å². The van der Waals surface area contributed by atoms with Gasteiger partial charge in [0.05, 0.1) is 12.1 Å². The summed E-state index contributed by atoms with van der Waals surface area (Å²) in [6, 6.07) is 18.2. The molecule has 1 amide bonds. The molecule has 5 nitrogen and oxygen atoms in total. The van der Waals surface area contributed by atoms with Crippen LogP contribution in [-0.2, 0) is 0 Å². The Labute approximate surface area is 177 Å². The minimum atomic E-state index is -0.799. The highest BCUT2D eigenvalue weighted by Crippen LogP contribution is 2.30. The summed E-state index contributed by atoms with van der Waals surface area (Å²) >= 11 is 0. The zero-order chi connectivity index (χ0) is 21.8. The first-order valence-electron chi connectivity index (χ1n) is 10.2. The number of likely N-dealkylation sites (N-methyl/N-ethyl adjacent to an activating group) is 1. The fourth-order valence-electron chi connectivity index (χ4n) is 3.18. The molecule has 5 heteroatoms. The van der Waals surface area contributed by atoms with Crippen LogP contribution in [0.5, 0.6) is 11.7 Å². The molecular formula is C25H29NO4. The van der Waals surface area contributed by atoms with Gasteiger partial charge >= 0.3 is 0 Å². The average molecular weight is 408 g/mol. The number of carbonyl (C=O) groups is 1. The number of hydrogen-bond donors (Lipinski definition) is 1. The van der Waals surface area contributed by atoms with Gasteiger partial charge in [-0.05, 0) is 48.6 Å². The number of aliphatic hydroxyl groups excluding tert-OH is 1. The molecule has 3 aromatic rings. The third kappa shape index (κ3) is 4.74. The lowest BCUT2D eigenvalue weighted by molar-refractivity contribution is 0.0458. The van der Waals surface area contributed by atoms with Gasteiger partial charge in [-0.25, -0.2) is 0 Å². The van der Waals surface area contributed by atoms with Crippen molar-refractivity contribution in [2.24, 2.45) is 0 Å². The highest BCUT2D eigenvalue weighted by Gasteiger charge is 2.27. The van der Waals surface area contributed by atoms with Crippen LogP contribution >= 0.6 is 0 Å². The fraction of sp³-hybridized carbons (Fsp3) is 0.320. The molecule has 0 aliphatic carbocycles. The molecule has 0 radical (unpaired) electrons. The zero-order valence-corrected chi connectivity index (χ0v) is 18.1. The maximum Gasteiger partial charge on any atom is 0.290 e. The molecule has 30 heavy (non-hydrogen) atoms. The molecule has 1 N–H and O–H groups in total. The number of hydrogen-bond acceptors (Lipinski definition) is 4. The third-order valence-corrected chi connectivity index (χ3v) is 5.41. The van der Waals surface area contributed by atoms with Crippen molar-refractivity contribution < 1.29 is 19.1 Å². The van der Waals surface area contributed by atoms with Gasteiger partial charge in [0, 0.05) is 13.1 Å². The lowest BCUT2D eigenvalue weighted by atomic mass is 10.0. The molecule has 0 aliphatic rings.